The van der Waals surface area contributed by atoms with Gasteiger partial charge in [-0.15, -0.1) is 0 Å². The van der Waals surface area contributed by atoms with E-state index in [1.165, 1.54) is 23.9 Å². The summed E-state index contributed by atoms with van der Waals surface area (Å²) in [6.45, 7) is 1.94. The lowest BCUT2D eigenvalue weighted by atomic mass is 9.71. The van der Waals surface area contributed by atoms with Crippen LogP contribution < -0.4 is 15.8 Å². The maximum absolute atomic E-state index is 14.7. The maximum atomic E-state index is 14.7. The predicted molar refractivity (Wildman–Crippen MR) is 142 cm³/mol. The van der Waals surface area contributed by atoms with Crippen molar-refractivity contribution in [3.63, 3.8) is 0 Å². The molecule has 3 heterocycles. The SMILES string of the molecule is COc1cc(F)c(-c2ccc3cnc(NC4=CN=CCC4C4CC(C)C(S(C)(=O)=O)C(N)C4)n3n2)c(F)c1. The number of allylic oxidation sites excluding steroid dienone is 1. The number of aromatic nitrogens is 3. The van der Waals surface area contributed by atoms with Gasteiger partial charge in [-0.1, -0.05) is 6.92 Å². The Morgan fingerprint density at radius 2 is 1.92 bits per heavy atom. The summed E-state index contributed by atoms with van der Waals surface area (Å²) in [6, 6.07) is 4.98. The van der Waals surface area contributed by atoms with Crippen LogP contribution in [0.25, 0.3) is 16.8 Å². The highest BCUT2D eigenvalue weighted by molar-refractivity contribution is 7.91. The van der Waals surface area contributed by atoms with Crippen molar-refractivity contribution in [2.45, 2.75) is 37.5 Å². The molecule has 12 heteroatoms. The van der Waals surface area contributed by atoms with Crippen molar-refractivity contribution >= 4 is 27.5 Å². The Kier molecular flexibility index (Phi) is 6.95. The number of benzene rings is 1. The lowest BCUT2D eigenvalue weighted by Crippen LogP contribution is -2.50. The first-order valence-corrected chi connectivity index (χ1v) is 14.3. The third kappa shape index (κ3) is 4.90. The van der Waals surface area contributed by atoms with Gasteiger partial charge in [0.05, 0.1) is 35.3 Å². The molecule has 2 aromatic heterocycles. The molecule has 3 N–H and O–H groups in total. The van der Waals surface area contributed by atoms with E-state index in [9.17, 15) is 17.2 Å². The van der Waals surface area contributed by atoms with E-state index in [4.69, 9.17) is 10.5 Å². The Bertz CT molecular complexity index is 1500. The summed E-state index contributed by atoms with van der Waals surface area (Å²) in [6.07, 6.45) is 8.37. The second-order valence-corrected chi connectivity index (χ2v) is 12.4. The number of halogens is 2. The molecule has 0 saturated heterocycles. The molecule has 1 aliphatic heterocycles. The van der Waals surface area contributed by atoms with Crippen molar-refractivity contribution in [3.8, 4) is 17.0 Å². The number of nitrogens with zero attached hydrogens (tertiary/aromatic N) is 4. The number of nitrogens with two attached hydrogens (primary N) is 1. The highest BCUT2D eigenvalue weighted by Gasteiger charge is 2.42. The van der Waals surface area contributed by atoms with Crippen LogP contribution in [0.2, 0.25) is 0 Å². The molecule has 5 unspecified atom stereocenters. The molecule has 3 aromatic rings. The second-order valence-electron chi connectivity index (χ2n) is 10.2. The largest absolute Gasteiger partial charge is 0.497 e. The number of methoxy groups -OCH3 is 1. The van der Waals surface area contributed by atoms with Crippen molar-refractivity contribution in [1.29, 1.82) is 0 Å². The quantitative estimate of drug-likeness (QED) is 0.484. The minimum absolute atomic E-state index is 0.0218. The minimum atomic E-state index is -3.26. The van der Waals surface area contributed by atoms with Gasteiger partial charge >= 0.3 is 0 Å². The first-order chi connectivity index (χ1) is 18.1. The molecule has 1 saturated carbocycles. The molecule has 0 radical (unpaired) electrons. The van der Waals surface area contributed by atoms with Gasteiger partial charge in [0.25, 0.3) is 0 Å². The van der Waals surface area contributed by atoms with Crippen molar-refractivity contribution in [1.82, 2.24) is 14.6 Å². The van der Waals surface area contributed by atoms with E-state index in [1.54, 1.807) is 18.5 Å². The Morgan fingerprint density at radius 1 is 1.18 bits per heavy atom. The molecule has 38 heavy (non-hydrogen) atoms. The molecule has 9 nitrogen and oxygen atoms in total. The number of imidazole rings is 1. The molecule has 1 aromatic carbocycles. The number of anilines is 1. The molecular weight excluding hydrogens is 514 g/mol. The van der Waals surface area contributed by atoms with E-state index >= 15 is 0 Å². The number of hydrogen-bond acceptors (Lipinski definition) is 8. The Balaban J connectivity index is 1.43. The number of hydrogen-bond donors (Lipinski definition) is 2. The molecular formula is C26H30F2N6O3S. The zero-order chi connectivity index (χ0) is 27.2. The monoisotopic (exact) mass is 544 g/mol. The number of ether oxygens (including phenoxy) is 1. The molecule has 5 atom stereocenters. The maximum Gasteiger partial charge on any atom is 0.228 e. The van der Waals surface area contributed by atoms with Crippen molar-refractivity contribution in [2.75, 3.05) is 18.7 Å². The van der Waals surface area contributed by atoms with Gasteiger partial charge in [-0.25, -0.2) is 22.2 Å². The summed E-state index contributed by atoms with van der Waals surface area (Å²) in [4.78, 5) is 8.75. The molecule has 202 valence electrons. The summed E-state index contributed by atoms with van der Waals surface area (Å²) >= 11 is 0. The van der Waals surface area contributed by atoms with Gasteiger partial charge in [0.2, 0.25) is 5.95 Å². The minimum Gasteiger partial charge on any atom is -0.497 e. The highest BCUT2D eigenvalue weighted by atomic mass is 32.2. The van der Waals surface area contributed by atoms with Gasteiger partial charge in [-0.05, 0) is 43.2 Å². The Morgan fingerprint density at radius 3 is 2.58 bits per heavy atom. The van der Waals surface area contributed by atoms with Gasteiger partial charge in [0.1, 0.15) is 17.4 Å². The number of nitrogens with one attached hydrogen (secondary N) is 1. The zero-order valence-corrected chi connectivity index (χ0v) is 22.1. The number of fused-ring (bicyclic) bond motifs is 1. The third-order valence-corrected chi connectivity index (χ3v) is 9.32. The summed E-state index contributed by atoms with van der Waals surface area (Å²) in [7, 11) is -1.92. The van der Waals surface area contributed by atoms with Crippen LogP contribution in [0.5, 0.6) is 5.75 Å². The zero-order valence-electron chi connectivity index (χ0n) is 21.3. The van der Waals surface area contributed by atoms with E-state index < -0.39 is 32.8 Å². The first kappa shape index (κ1) is 26.2. The molecule has 1 aliphatic carbocycles. The second kappa shape index (κ2) is 10.1. The Hall–Kier alpha value is -3.38. The molecule has 0 spiro atoms. The van der Waals surface area contributed by atoms with Crippen LogP contribution in [0, 0.1) is 29.4 Å². The van der Waals surface area contributed by atoms with Crippen LogP contribution in [0.4, 0.5) is 14.7 Å². The predicted octanol–water partition coefficient (Wildman–Crippen LogP) is 3.81. The van der Waals surface area contributed by atoms with Crippen LogP contribution in [0.3, 0.4) is 0 Å². The van der Waals surface area contributed by atoms with Crippen LogP contribution in [-0.2, 0) is 9.84 Å². The average molecular weight is 545 g/mol. The summed E-state index contributed by atoms with van der Waals surface area (Å²) in [5.74, 6) is -1.05. The normalized spacial score (nSPS) is 25.8. The fourth-order valence-corrected chi connectivity index (χ4v) is 7.63. The fourth-order valence-electron chi connectivity index (χ4n) is 5.93. The van der Waals surface area contributed by atoms with Gasteiger partial charge in [-0.2, -0.15) is 9.61 Å². The first-order valence-electron chi connectivity index (χ1n) is 12.4. The van der Waals surface area contributed by atoms with Gasteiger partial charge < -0.3 is 15.8 Å². The summed E-state index contributed by atoms with van der Waals surface area (Å²) in [5.41, 5.74) is 7.64. The lowest BCUT2D eigenvalue weighted by molar-refractivity contribution is 0.209. The number of sulfone groups is 1. The van der Waals surface area contributed by atoms with E-state index in [2.05, 4.69) is 20.4 Å². The summed E-state index contributed by atoms with van der Waals surface area (Å²) < 4.78 is 60.5. The van der Waals surface area contributed by atoms with Gasteiger partial charge in [0.15, 0.2) is 9.84 Å². The smallest absolute Gasteiger partial charge is 0.228 e. The van der Waals surface area contributed by atoms with E-state index in [0.29, 0.717) is 30.7 Å². The molecule has 0 bridgehead atoms. The third-order valence-electron chi connectivity index (χ3n) is 7.52. The van der Waals surface area contributed by atoms with E-state index in [1.807, 2.05) is 13.1 Å². The average Bonchev–Trinajstić information content (AvgIpc) is 3.24. The van der Waals surface area contributed by atoms with Crippen LogP contribution >= 0.6 is 0 Å². The van der Waals surface area contributed by atoms with E-state index in [0.717, 1.165) is 17.8 Å². The standard InChI is InChI=1S/C26H30F2N6O3S/c1-14-8-15(9-21(29)25(14)38(3,35)36)18-6-7-30-13-23(18)32-26-31-12-16-4-5-22(33-34(16)26)24-19(27)10-17(37-2)11-20(24)28/h4-5,7,10-15,18,21,25H,6,8-9,29H2,1-3H3,(H,31,32). The summed E-state index contributed by atoms with van der Waals surface area (Å²) in [5, 5.41) is 7.22. The highest BCUT2D eigenvalue weighted by Crippen LogP contribution is 2.41. The lowest BCUT2D eigenvalue weighted by Gasteiger charge is -2.41. The van der Waals surface area contributed by atoms with Crippen LogP contribution in [0.1, 0.15) is 26.2 Å². The number of rotatable bonds is 6. The van der Waals surface area contributed by atoms with E-state index in [-0.39, 0.29) is 34.8 Å². The molecule has 2 aliphatic rings. The molecule has 0 amide bonds. The van der Waals surface area contributed by atoms with Crippen LogP contribution in [0.15, 0.2) is 47.4 Å². The fraction of sp³-hybridized carbons (Fsp3) is 0.423. The number of aliphatic imine (C=N–C) groups is 1. The van der Waals surface area contributed by atoms with Crippen molar-refractivity contribution in [2.24, 2.45) is 28.5 Å². The molecule has 1 fully saturated rings. The van der Waals surface area contributed by atoms with Crippen molar-refractivity contribution in [3.05, 3.63) is 54.0 Å². The Labute approximate surface area is 219 Å². The molecule has 5 rings (SSSR count). The van der Waals surface area contributed by atoms with Gasteiger partial charge in [-0.3, -0.25) is 4.99 Å². The topological polar surface area (TPSA) is 124 Å². The van der Waals surface area contributed by atoms with Crippen LogP contribution in [-0.4, -0.2) is 53.9 Å². The van der Waals surface area contributed by atoms with Crippen molar-refractivity contribution < 1.29 is 21.9 Å². The van der Waals surface area contributed by atoms with Gasteiger partial charge in [0, 0.05) is 48.5 Å².